The van der Waals surface area contributed by atoms with Crippen LogP contribution in [0.15, 0.2) is 12.1 Å². The second kappa shape index (κ2) is 13.2. The van der Waals surface area contributed by atoms with Gasteiger partial charge in [-0.1, -0.05) is 33.1 Å². The van der Waals surface area contributed by atoms with Gasteiger partial charge in [0.1, 0.15) is 18.1 Å². The quantitative estimate of drug-likeness (QED) is 0.255. The highest BCUT2D eigenvalue weighted by Crippen LogP contribution is 2.34. The predicted molar refractivity (Wildman–Crippen MR) is 137 cm³/mol. The van der Waals surface area contributed by atoms with E-state index < -0.39 is 0 Å². The first-order valence-electron chi connectivity index (χ1n) is 12.2. The Morgan fingerprint density at radius 1 is 1.12 bits per heavy atom. The second-order valence-electron chi connectivity index (χ2n) is 9.85. The van der Waals surface area contributed by atoms with Gasteiger partial charge in [-0.15, -0.1) is 0 Å². The fraction of sp³-hybridized carbons (Fsp3) is 0.692. The summed E-state index contributed by atoms with van der Waals surface area (Å²) in [5, 5.41) is 2.99. The van der Waals surface area contributed by atoms with E-state index in [-0.39, 0.29) is 29.0 Å². The number of thiol groups is 1. The lowest BCUT2D eigenvalue weighted by Gasteiger charge is -2.32. The Labute approximate surface area is 205 Å². The molecule has 1 aromatic carbocycles. The molecule has 0 heterocycles. The van der Waals surface area contributed by atoms with Crippen molar-refractivity contribution >= 4 is 24.5 Å². The lowest BCUT2D eigenvalue weighted by Crippen LogP contribution is -2.40. The molecule has 0 spiro atoms. The number of carbonyl (C=O) groups excluding carboxylic acids is 2. The minimum absolute atomic E-state index is 0.0284. The molecule has 1 aliphatic carbocycles. The molecule has 0 bridgehead atoms. The van der Waals surface area contributed by atoms with E-state index >= 15 is 0 Å². The number of likely N-dealkylation sites (N-methyl/N-ethyl adjacent to an activating group) is 1. The van der Waals surface area contributed by atoms with Crippen molar-refractivity contribution in [3.63, 3.8) is 0 Å². The molecular formula is C26H42N2O4S. The zero-order valence-electron chi connectivity index (χ0n) is 21.0. The fourth-order valence-electron chi connectivity index (χ4n) is 4.01. The molecule has 0 atom stereocenters. The van der Waals surface area contributed by atoms with Crippen LogP contribution in [0, 0.1) is 6.92 Å². The Morgan fingerprint density at radius 2 is 1.82 bits per heavy atom. The molecule has 1 fully saturated rings. The average Bonchev–Trinajstić information content (AvgIpc) is 2.74. The minimum Gasteiger partial charge on any atom is -0.492 e. The van der Waals surface area contributed by atoms with Gasteiger partial charge in [-0.05, 0) is 63.9 Å². The van der Waals surface area contributed by atoms with Crippen LogP contribution < -0.4 is 14.8 Å². The highest BCUT2D eigenvalue weighted by atomic mass is 32.1. The maximum Gasteiger partial charge on any atom is 0.311 e. The van der Waals surface area contributed by atoms with Gasteiger partial charge in [0.05, 0.1) is 0 Å². The number of benzene rings is 1. The van der Waals surface area contributed by atoms with Crippen molar-refractivity contribution in [2.75, 3.05) is 33.8 Å². The molecule has 1 amide bonds. The Hall–Kier alpha value is -1.73. The summed E-state index contributed by atoms with van der Waals surface area (Å²) >= 11 is 4.77. The lowest BCUT2D eigenvalue weighted by atomic mass is 9.88. The standard InChI is InChI=1S/C26H42N2O4S/c1-19(2)21-17-22(20(3)16-23(21)31-15-14-28(4)5)32-25(30)11-9-10-24(29)27-18-26(33)12-7-6-8-13-26/h16-17,19,33H,6-15,18H2,1-5H3,(H,27,29). The summed E-state index contributed by atoms with van der Waals surface area (Å²) in [5.74, 6) is 1.28. The zero-order chi connectivity index (χ0) is 24.4. The van der Waals surface area contributed by atoms with Crippen LogP contribution >= 0.6 is 12.6 Å². The van der Waals surface area contributed by atoms with Crippen LogP contribution in [-0.2, 0) is 9.59 Å². The van der Waals surface area contributed by atoms with Crippen molar-refractivity contribution in [3.8, 4) is 11.5 Å². The first kappa shape index (κ1) is 27.5. The van der Waals surface area contributed by atoms with Gasteiger partial charge in [0.2, 0.25) is 5.91 Å². The molecule has 0 aliphatic heterocycles. The van der Waals surface area contributed by atoms with Crippen molar-refractivity contribution < 1.29 is 19.1 Å². The minimum atomic E-state index is -0.320. The van der Waals surface area contributed by atoms with Gasteiger partial charge in [0.25, 0.3) is 0 Å². The van der Waals surface area contributed by atoms with E-state index in [1.165, 1.54) is 19.3 Å². The molecule has 6 nitrogen and oxygen atoms in total. The van der Waals surface area contributed by atoms with Gasteiger partial charge in [-0.25, -0.2) is 0 Å². The molecule has 2 rings (SSSR count). The molecule has 0 aromatic heterocycles. The molecule has 1 aromatic rings. The molecule has 1 saturated carbocycles. The highest BCUT2D eigenvalue weighted by Gasteiger charge is 2.28. The van der Waals surface area contributed by atoms with E-state index in [4.69, 9.17) is 22.1 Å². The number of esters is 1. The highest BCUT2D eigenvalue weighted by molar-refractivity contribution is 7.81. The number of hydrogen-bond donors (Lipinski definition) is 2. The number of rotatable bonds is 12. The summed E-state index contributed by atoms with van der Waals surface area (Å²) in [6, 6.07) is 3.85. The van der Waals surface area contributed by atoms with Crippen LogP contribution in [0.25, 0.3) is 0 Å². The Morgan fingerprint density at radius 3 is 2.45 bits per heavy atom. The van der Waals surface area contributed by atoms with E-state index in [9.17, 15) is 9.59 Å². The Kier molecular flexibility index (Phi) is 11.0. The monoisotopic (exact) mass is 478 g/mol. The number of ether oxygens (including phenoxy) is 2. The van der Waals surface area contributed by atoms with Crippen LogP contribution in [-0.4, -0.2) is 55.3 Å². The van der Waals surface area contributed by atoms with Gasteiger partial charge in [0.15, 0.2) is 0 Å². The molecular weight excluding hydrogens is 436 g/mol. The predicted octanol–water partition coefficient (Wildman–Crippen LogP) is 4.88. The first-order valence-corrected chi connectivity index (χ1v) is 12.7. The zero-order valence-corrected chi connectivity index (χ0v) is 21.9. The SMILES string of the molecule is Cc1cc(OCCN(C)C)c(C(C)C)cc1OC(=O)CCCC(=O)NCC1(S)CCCCC1. The number of hydrogen-bond acceptors (Lipinski definition) is 6. The van der Waals surface area contributed by atoms with Crippen LogP contribution in [0.2, 0.25) is 0 Å². The van der Waals surface area contributed by atoms with Crippen LogP contribution in [0.4, 0.5) is 0 Å². The summed E-state index contributed by atoms with van der Waals surface area (Å²) in [7, 11) is 4.02. The summed E-state index contributed by atoms with van der Waals surface area (Å²) in [6.45, 7) is 8.13. The molecule has 1 N–H and O–H groups in total. The lowest BCUT2D eigenvalue weighted by molar-refractivity contribution is -0.134. The summed E-state index contributed by atoms with van der Waals surface area (Å²) in [6.07, 6.45) is 6.66. The van der Waals surface area contributed by atoms with Crippen molar-refractivity contribution in [2.24, 2.45) is 0 Å². The number of aryl methyl sites for hydroxylation is 1. The number of carbonyl (C=O) groups is 2. The molecule has 0 unspecified atom stereocenters. The van der Waals surface area contributed by atoms with Crippen molar-refractivity contribution in [1.29, 1.82) is 0 Å². The maximum absolute atomic E-state index is 12.4. The van der Waals surface area contributed by atoms with Crippen molar-refractivity contribution in [1.82, 2.24) is 10.2 Å². The van der Waals surface area contributed by atoms with E-state index in [1.807, 2.05) is 33.2 Å². The third kappa shape index (κ3) is 9.57. The summed E-state index contributed by atoms with van der Waals surface area (Å²) in [5.41, 5.74) is 1.88. The van der Waals surface area contributed by atoms with Crippen molar-refractivity contribution in [3.05, 3.63) is 23.3 Å². The van der Waals surface area contributed by atoms with Gasteiger partial charge >= 0.3 is 5.97 Å². The topological polar surface area (TPSA) is 67.9 Å². The smallest absolute Gasteiger partial charge is 0.311 e. The summed E-state index contributed by atoms with van der Waals surface area (Å²) in [4.78, 5) is 26.7. The largest absolute Gasteiger partial charge is 0.492 e. The normalized spacial score (nSPS) is 15.5. The Balaban J connectivity index is 1.82. The van der Waals surface area contributed by atoms with E-state index in [1.54, 1.807) is 0 Å². The second-order valence-corrected chi connectivity index (χ2v) is 10.8. The van der Waals surface area contributed by atoms with Gasteiger partial charge in [0, 0.05) is 36.2 Å². The van der Waals surface area contributed by atoms with Crippen LogP contribution in [0.3, 0.4) is 0 Å². The Bertz CT molecular complexity index is 789. The van der Waals surface area contributed by atoms with E-state index in [0.717, 1.165) is 36.3 Å². The van der Waals surface area contributed by atoms with E-state index in [2.05, 4.69) is 24.1 Å². The first-order chi connectivity index (χ1) is 15.6. The average molecular weight is 479 g/mol. The molecule has 33 heavy (non-hydrogen) atoms. The molecule has 7 heteroatoms. The third-order valence-electron chi connectivity index (χ3n) is 6.13. The fourth-order valence-corrected chi connectivity index (χ4v) is 4.40. The van der Waals surface area contributed by atoms with Gasteiger partial charge in [-0.3, -0.25) is 9.59 Å². The van der Waals surface area contributed by atoms with E-state index in [0.29, 0.717) is 31.7 Å². The van der Waals surface area contributed by atoms with Gasteiger partial charge < -0.3 is 19.7 Å². The number of amides is 1. The van der Waals surface area contributed by atoms with Crippen LogP contribution in [0.5, 0.6) is 11.5 Å². The molecule has 0 radical (unpaired) electrons. The van der Waals surface area contributed by atoms with Crippen molar-refractivity contribution in [2.45, 2.75) is 82.8 Å². The third-order valence-corrected chi connectivity index (χ3v) is 6.74. The summed E-state index contributed by atoms with van der Waals surface area (Å²) < 4.78 is 11.5. The number of nitrogens with zero attached hydrogens (tertiary/aromatic N) is 1. The number of nitrogens with one attached hydrogen (secondary N) is 1. The van der Waals surface area contributed by atoms with Gasteiger partial charge in [-0.2, -0.15) is 12.6 Å². The maximum atomic E-state index is 12.4. The molecule has 186 valence electrons. The molecule has 0 saturated heterocycles. The molecule has 1 aliphatic rings. The van der Waals surface area contributed by atoms with Crippen LogP contribution in [0.1, 0.15) is 82.3 Å².